The molecule has 1 aliphatic heterocycles. The number of carbonyl (C=O) groups is 2. The highest BCUT2D eigenvalue weighted by molar-refractivity contribution is 6.35. The molecule has 2 aromatic rings. The maximum absolute atomic E-state index is 12.0. The Labute approximate surface area is 171 Å². The van der Waals surface area contributed by atoms with Gasteiger partial charge in [0.05, 0.1) is 0 Å². The van der Waals surface area contributed by atoms with Crippen LogP contribution in [0.25, 0.3) is 0 Å². The van der Waals surface area contributed by atoms with Gasteiger partial charge in [0.15, 0.2) is 0 Å². The maximum atomic E-state index is 12.0. The summed E-state index contributed by atoms with van der Waals surface area (Å²) in [4.78, 5) is 26.4. The summed E-state index contributed by atoms with van der Waals surface area (Å²) in [6.45, 7) is 3.76. The molecule has 3 rings (SSSR count). The van der Waals surface area contributed by atoms with Gasteiger partial charge in [0.25, 0.3) is 0 Å². The fourth-order valence-electron chi connectivity index (χ4n) is 3.41. The Morgan fingerprint density at radius 3 is 2.29 bits per heavy atom. The molecule has 1 heterocycles. The van der Waals surface area contributed by atoms with Crippen LogP contribution >= 0.6 is 11.6 Å². The van der Waals surface area contributed by atoms with Gasteiger partial charge in [-0.2, -0.15) is 0 Å². The second kappa shape index (κ2) is 10.2. The lowest BCUT2D eigenvalue weighted by molar-refractivity contribution is -0.139. The summed E-state index contributed by atoms with van der Waals surface area (Å²) in [5, 5.41) is 5.96. The highest BCUT2D eigenvalue weighted by atomic mass is 35.5. The van der Waals surface area contributed by atoms with E-state index in [9.17, 15) is 9.59 Å². The van der Waals surface area contributed by atoms with Gasteiger partial charge in [0, 0.05) is 24.7 Å². The monoisotopic (exact) mass is 399 g/mol. The minimum atomic E-state index is -0.624. The molecule has 0 aliphatic carbocycles. The molecule has 0 bridgehead atoms. The molecule has 148 valence electrons. The van der Waals surface area contributed by atoms with Crippen LogP contribution in [-0.4, -0.2) is 36.3 Å². The Kier molecular flexibility index (Phi) is 7.46. The van der Waals surface area contributed by atoms with Gasteiger partial charge in [-0.25, -0.2) is 0 Å². The maximum Gasteiger partial charge on any atom is 0.309 e. The van der Waals surface area contributed by atoms with Crippen LogP contribution in [-0.2, 0) is 22.7 Å². The molecule has 2 N–H and O–H groups in total. The summed E-state index contributed by atoms with van der Waals surface area (Å²) in [7, 11) is 0. The molecule has 5 nitrogen and oxygen atoms in total. The minimum absolute atomic E-state index is 0.240. The Bertz CT molecular complexity index is 789. The molecule has 2 aromatic carbocycles. The first-order valence-electron chi connectivity index (χ1n) is 9.67. The molecule has 6 heteroatoms. The number of benzene rings is 2. The van der Waals surface area contributed by atoms with Crippen LogP contribution in [0.3, 0.4) is 0 Å². The Balaban J connectivity index is 1.35. The first-order chi connectivity index (χ1) is 13.6. The van der Waals surface area contributed by atoms with E-state index in [1.807, 2.05) is 24.3 Å². The molecule has 2 amide bonds. The fourth-order valence-corrected chi connectivity index (χ4v) is 3.61. The Morgan fingerprint density at radius 1 is 0.929 bits per heavy atom. The average Bonchev–Trinajstić information content (AvgIpc) is 2.73. The van der Waals surface area contributed by atoms with E-state index in [2.05, 4.69) is 39.8 Å². The summed E-state index contributed by atoms with van der Waals surface area (Å²) in [5.74, 6) is -0.799. The van der Waals surface area contributed by atoms with E-state index in [0.717, 1.165) is 38.0 Å². The van der Waals surface area contributed by atoms with Crippen LogP contribution in [0.15, 0.2) is 54.6 Å². The van der Waals surface area contributed by atoms with Gasteiger partial charge >= 0.3 is 11.8 Å². The predicted molar refractivity (Wildman–Crippen MR) is 111 cm³/mol. The molecule has 0 aromatic heterocycles. The normalized spacial score (nSPS) is 15.2. The third kappa shape index (κ3) is 6.08. The van der Waals surface area contributed by atoms with Crippen molar-refractivity contribution in [1.29, 1.82) is 0 Å². The molecule has 1 saturated heterocycles. The van der Waals surface area contributed by atoms with Crippen molar-refractivity contribution >= 4 is 23.4 Å². The van der Waals surface area contributed by atoms with Crippen molar-refractivity contribution in [2.75, 3.05) is 19.6 Å². The summed E-state index contributed by atoms with van der Waals surface area (Å²) >= 11 is 6.06. The van der Waals surface area contributed by atoms with E-state index >= 15 is 0 Å². The molecule has 1 aliphatic rings. The van der Waals surface area contributed by atoms with Crippen molar-refractivity contribution in [3.05, 3.63) is 70.7 Å². The summed E-state index contributed by atoms with van der Waals surface area (Å²) in [6, 6.07) is 17.7. The number of hydrogen-bond acceptors (Lipinski definition) is 3. The van der Waals surface area contributed by atoms with Crippen LogP contribution in [0.5, 0.6) is 0 Å². The molecule has 0 radical (unpaired) electrons. The summed E-state index contributed by atoms with van der Waals surface area (Å²) in [5.41, 5.74) is 2.11. The number of nitrogens with one attached hydrogen (secondary N) is 2. The van der Waals surface area contributed by atoms with Gasteiger partial charge < -0.3 is 10.6 Å². The number of hydrogen-bond donors (Lipinski definition) is 2. The second-order valence-electron chi connectivity index (χ2n) is 7.19. The molecule has 1 fully saturated rings. The summed E-state index contributed by atoms with van der Waals surface area (Å²) in [6.07, 6.45) is 2.04. The number of piperidine rings is 1. The second-order valence-corrected chi connectivity index (χ2v) is 7.60. The van der Waals surface area contributed by atoms with Crippen molar-refractivity contribution in [2.24, 2.45) is 5.92 Å². The van der Waals surface area contributed by atoms with E-state index < -0.39 is 11.8 Å². The van der Waals surface area contributed by atoms with Crippen molar-refractivity contribution in [3.63, 3.8) is 0 Å². The number of amides is 2. The minimum Gasteiger partial charge on any atom is -0.348 e. The first kappa shape index (κ1) is 20.4. The standard InChI is InChI=1S/C22H26ClN3O2/c23-20-9-5-4-8-19(20)15-25-22(28)21(27)24-14-17-10-12-26(13-11-17)16-18-6-2-1-3-7-18/h1-9,17H,10-16H2,(H,24,27)(H,25,28). The first-order valence-corrected chi connectivity index (χ1v) is 10.1. The number of rotatable bonds is 6. The van der Waals surface area contributed by atoms with E-state index in [4.69, 9.17) is 11.6 Å². The Hall–Kier alpha value is -2.37. The van der Waals surface area contributed by atoms with Gasteiger partial charge in [-0.15, -0.1) is 0 Å². The number of halogens is 1. The van der Waals surface area contributed by atoms with Crippen molar-refractivity contribution in [3.8, 4) is 0 Å². The average molecular weight is 400 g/mol. The molecule has 0 atom stereocenters. The van der Waals surface area contributed by atoms with Gasteiger partial charge in [-0.3, -0.25) is 14.5 Å². The van der Waals surface area contributed by atoms with Crippen LogP contribution in [0, 0.1) is 5.92 Å². The van der Waals surface area contributed by atoms with Crippen LogP contribution in [0.4, 0.5) is 0 Å². The van der Waals surface area contributed by atoms with Crippen LogP contribution < -0.4 is 10.6 Å². The molecule has 0 spiro atoms. The molecule has 28 heavy (non-hydrogen) atoms. The van der Waals surface area contributed by atoms with E-state index in [1.54, 1.807) is 6.07 Å². The van der Waals surface area contributed by atoms with E-state index in [-0.39, 0.29) is 6.54 Å². The van der Waals surface area contributed by atoms with Gasteiger partial charge in [0.2, 0.25) is 0 Å². The quantitative estimate of drug-likeness (QED) is 0.734. The SMILES string of the molecule is O=C(NCc1ccccc1Cl)C(=O)NCC1CCN(Cc2ccccc2)CC1. The Morgan fingerprint density at radius 2 is 1.57 bits per heavy atom. The topological polar surface area (TPSA) is 61.4 Å². The lowest BCUT2D eigenvalue weighted by Gasteiger charge is -2.32. The highest BCUT2D eigenvalue weighted by Gasteiger charge is 2.21. The van der Waals surface area contributed by atoms with Crippen molar-refractivity contribution in [2.45, 2.75) is 25.9 Å². The highest BCUT2D eigenvalue weighted by Crippen LogP contribution is 2.18. The van der Waals surface area contributed by atoms with Gasteiger partial charge in [-0.1, -0.05) is 60.1 Å². The van der Waals surface area contributed by atoms with Crippen molar-refractivity contribution in [1.82, 2.24) is 15.5 Å². The zero-order valence-electron chi connectivity index (χ0n) is 15.9. The number of nitrogens with zero attached hydrogens (tertiary/aromatic N) is 1. The van der Waals surface area contributed by atoms with Gasteiger partial charge in [-0.05, 0) is 49.0 Å². The van der Waals surface area contributed by atoms with Gasteiger partial charge in [0.1, 0.15) is 0 Å². The largest absolute Gasteiger partial charge is 0.348 e. The molecular formula is C22H26ClN3O2. The number of carbonyl (C=O) groups excluding carboxylic acids is 2. The zero-order chi connectivity index (χ0) is 19.8. The van der Waals surface area contributed by atoms with Crippen molar-refractivity contribution < 1.29 is 9.59 Å². The molecule has 0 unspecified atom stereocenters. The van der Waals surface area contributed by atoms with Crippen LogP contribution in [0.1, 0.15) is 24.0 Å². The zero-order valence-corrected chi connectivity index (χ0v) is 16.6. The summed E-state index contributed by atoms with van der Waals surface area (Å²) < 4.78 is 0. The number of likely N-dealkylation sites (tertiary alicyclic amines) is 1. The third-order valence-corrected chi connectivity index (χ3v) is 5.48. The lowest BCUT2D eigenvalue weighted by atomic mass is 9.96. The molecular weight excluding hydrogens is 374 g/mol. The van der Waals surface area contributed by atoms with Crippen LogP contribution in [0.2, 0.25) is 5.02 Å². The smallest absolute Gasteiger partial charge is 0.309 e. The van der Waals surface area contributed by atoms with E-state index in [1.165, 1.54) is 5.56 Å². The fraction of sp³-hybridized carbons (Fsp3) is 0.364. The van der Waals surface area contributed by atoms with E-state index in [0.29, 0.717) is 17.5 Å². The molecule has 0 saturated carbocycles. The predicted octanol–water partition coefficient (Wildman–Crippen LogP) is 2.98. The third-order valence-electron chi connectivity index (χ3n) is 5.11. The lowest BCUT2D eigenvalue weighted by Crippen LogP contribution is -2.43.